The average Bonchev–Trinajstić information content (AvgIpc) is 3.51. The lowest BCUT2D eigenvalue weighted by Crippen LogP contribution is -2.16. The third-order valence-electron chi connectivity index (χ3n) is 5.55. The van der Waals surface area contributed by atoms with Crippen LogP contribution in [0.25, 0.3) is 33.5 Å². The highest BCUT2D eigenvalue weighted by atomic mass is 16.5. The van der Waals surface area contributed by atoms with Crippen LogP contribution in [0.2, 0.25) is 0 Å². The summed E-state index contributed by atoms with van der Waals surface area (Å²) in [5, 5.41) is 20.6. The van der Waals surface area contributed by atoms with Crippen LogP contribution in [-0.4, -0.2) is 46.3 Å². The number of tetrazole rings is 1. The van der Waals surface area contributed by atoms with Gasteiger partial charge in [0.2, 0.25) is 5.82 Å². The molecule has 0 saturated heterocycles. The Morgan fingerprint density at radius 2 is 1.80 bits per heavy atom. The van der Waals surface area contributed by atoms with E-state index in [0.29, 0.717) is 23.7 Å². The van der Waals surface area contributed by atoms with Crippen molar-refractivity contribution in [3.05, 3.63) is 70.3 Å². The summed E-state index contributed by atoms with van der Waals surface area (Å²) >= 11 is 0. The van der Waals surface area contributed by atoms with Crippen LogP contribution < -0.4 is 10.3 Å². The Kier molecular flexibility index (Phi) is 5.65. The first-order valence-electron chi connectivity index (χ1n) is 11.0. The van der Waals surface area contributed by atoms with E-state index in [1.165, 1.54) is 6.92 Å². The van der Waals surface area contributed by atoms with E-state index in [1.54, 1.807) is 0 Å². The van der Waals surface area contributed by atoms with Crippen LogP contribution in [0.5, 0.6) is 5.88 Å². The van der Waals surface area contributed by atoms with Gasteiger partial charge in [-0.15, -0.1) is 15.3 Å². The van der Waals surface area contributed by atoms with E-state index in [1.807, 2.05) is 66.9 Å². The van der Waals surface area contributed by atoms with Gasteiger partial charge in [0.1, 0.15) is 11.3 Å². The number of nitrogens with zero attached hydrogens (tertiary/aromatic N) is 6. The van der Waals surface area contributed by atoms with Gasteiger partial charge in [-0.2, -0.15) is 5.21 Å². The van der Waals surface area contributed by atoms with Crippen molar-refractivity contribution in [2.45, 2.75) is 33.2 Å². The second-order valence-corrected chi connectivity index (χ2v) is 8.34. The van der Waals surface area contributed by atoms with Crippen molar-refractivity contribution in [1.29, 1.82) is 0 Å². The van der Waals surface area contributed by atoms with Crippen molar-refractivity contribution in [3.8, 4) is 28.4 Å². The number of fused-ring (bicyclic) bond motifs is 1. The van der Waals surface area contributed by atoms with Gasteiger partial charge in [-0.05, 0) is 21.9 Å². The molecule has 176 valence electrons. The van der Waals surface area contributed by atoms with Gasteiger partial charge in [-0.25, -0.2) is 10.1 Å². The maximum Gasteiger partial charge on any atom is 0.309 e. The number of imidazole rings is 1. The predicted molar refractivity (Wildman–Crippen MR) is 128 cm³/mol. The van der Waals surface area contributed by atoms with Gasteiger partial charge in [-0.3, -0.25) is 9.59 Å². The number of aromatic amines is 2. The molecule has 11 nitrogen and oxygen atoms in total. The number of ether oxygens (including phenoxy) is 1. The number of carbonyl (C=O) groups is 1. The minimum Gasteiger partial charge on any atom is -0.404 e. The summed E-state index contributed by atoms with van der Waals surface area (Å²) in [4.78, 5) is 28.8. The van der Waals surface area contributed by atoms with Gasteiger partial charge in [0, 0.05) is 24.9 Å². The maximum atomic E-state index is 12.7. The highest BCUT2D eigenvalue weighted by Gasteiger charge is 2.22. The van der Waals surface area contributed by atoms with Crippen LogP contribution in [0.4, 0.5) is 0 Å². The van der Waals surface area contributed by atoms with E-state index in [4.69, 9.17) is 4.74 Å². The fourth-order valence-corrected chi connectivity index (χ4v) is 4.04. The van der Waals surface area contributed by atoms with E-state index >= 15 is 0 Å². The molecule has 5 aromatic rings. The molecular formula is C24H22N8O3. The number of benzene rings is 2. The molecule has 11 heteroatoms. The van der Waals surface area contributed by atoms with Crippen LogP contribution in [-0.2, 0) is 11.3 Å². The molecule has 0 bridgehead atoms. The largest absolute Gasteiger partial charge is 0.404 e. The highest BCUT2D eigenvalue weighted by Crippen LogP contribution is 2.30. The number of esters is 1. The molecule has 5 rings (SSSR count). The van der Waals surface area contributed by atoms with Gasteiger partial charge >= 0.3 is 5.97 Å². The van der Waals surface area contributed by atoms with E-state index in [0.717, 1.165) is 22.3 Å². The molecule has 0 aliphatic rings. The number of nitrogens with one attached hydrogen (secondary N) is 2. The number of hydrogen-bond acceptors (Lipinski definition) is 8. The normalized spacial score (nSPS) is 11.3. The van der Waals surface area contributed by atoms with Crippen LogP contribution in [0.15, 0.2) is 53.3 Å². The number of H-pyrrole nitrogens is 2. The Bertz CT molecular complexity index is 1570. The van der Waals surface area contributed by atoms with Crippen molar-refractivity contribution in [1.82, 2.24) is 40.4 Å². The van der Waals surface area contributed by atoms with Gasteiger partial charge in [0.15, 0.2) is 5.52 Å². The minimum atomic E-state index is -0.539. The van der Waals surface area contributed by atoms with Crippen molar-refractivity contribution < 1.29 is 9.53 Å². The smallest absolute Gasteiger partial charge is 0.309 e. The summed E-state index contributed by atoms with van der Waals surface area (Å²) in [6.45, 7) is 5.66. The fraction of sp³-hybridized carbons (Fsp3) is 0.208. The van der Waals surface area contributed by atoms with Gasteiger partial charge in [0.05, 0.1) is 0 Å². The van der Waals surface area contributed by atoms with Crippen molar-refractivity contribution >= 4 is 17.0 Å². The zero-order valence-corrected chi connectivity index (χ0v) is 19.3. The zero-order chi connectivity index (χ0) is 24.5. The second kappa shape index (κ2) is 8.93. The number of carbonyl (C=O) groups excluding carboxylic acids is 1. The molecule has 3 heterocycles. The van der Waals surface area contributed by atoms with Crippen LogP contribution in [0.1, 0.15) is 38.1 Å². The maximum absolute atomic E-state index is 12.7. The average molecular weight is 470 g/mol. The highest BCUT2D eigenvalue weighted by molar-refractivity contribution is 5.83. The fourth-order valence-electron chi connectivity index (χ4n) is 4.04. The standard InChI is InChI=1S/C24H22N8O3/c1-13(2)22-25-19-20(23(34)28-29-24(19)35-14(3)33)32(22)12-15-8-10-16(11-9-15)17-6-4-5-7-18(17)21-26-30-31-27-21/h4-11,13H,12H2,1-3H3,(H,28,34)(H,26,27,30,31). The zero-order valence-electron chi connectivity index (χ0n) is 19.3. The molecule has 2 aromatic carbocycles. The molecule has 0 atom stereocenters. The first kappa shape index (κ1) is 22.1. The van der Waals surface area contributed by atoms with Gasteiger partial charge in [-0.1, -0.05) is 62.4 Å². The molecule has 35 heavy (non-hydrogen) atoms. The summed E-state index contributed by atoms with van der Waals surface area (Å²) in [7, 11) is 0. The lowest BCUT2D eigenvalue weighted by atomic mass is 9.98. The third-order valence-corrected chi connectivity index (χ3v) is 5.55. The minimum absolute atomic E-state index is 0.0128. The van der Waals surface area contributed by atoms with E-state index in [-0.39, 0.29) is 17.3 Å². The van der Waals surface area contributed by atoms with Gasteiger partial charge < -0.3 is 9.30 Å². The molecular weight excluding hydrogens is 448 g/mol. The molecule has 0 amide bonds. The molecule has 0 unspecified atom stereocenters. The Hall–Kier alpha value is -4.67. The molecule has 2 N–H and O–H groups in total. The third kappa shape index (κ3) is 4.19. The molecule has 0 fully saturated rings. The Morgan fingerprint density at radius 1 is 1.06 bits per heavy atom. The Balaban J connectivity index is 1.54. The molecule has 0 spiro atoms. The summed E-state index contributed by atoms with van der Waals surface area (Å²) < 4.78 is 7.02. The Morgan fingerprint density at radius 3 is 2.46 bits per heavy atom. The predicted octanol–water partition coefficient (Wildman–Crippen LogP) is 3.06. The second-order valence-electron chi connectivity index (χ2n) is 8.34. The molecule has 0 aliphatic carbocycles. The van der Waals surface area contributed by atoms with Crippen molar-refractivity contribution in [2.24, 2.45) is 0 Å². The summed E-state index contributed by atoms with van der Waals surface area (Å²) in [5.41, 5.74) is 3.98. The van der Waals surface area contributed by atoms with Crippen LogP contribution in [0, 0.1) is 0 Å². The Labute approximate surface area is 199 Å². The van der Waals surface area contributed by atoms with Gasteiger partial charge in [0.25, 0.3) is 11.4 Å². The first-order valence-corrected chi connectivity index (χ1v) is 11.0. The van der Waals surface area contributed by atoms with E-state index < -0.39 is 11.5 Å². The molecule has 0 aliphatic heterocycles. The summed E-state index contributed by atoms with van der Waals surface area (Å²) in [6, 6.07) is 15.9. The molecule has 3 aromatic heterocycles. The van der Waals surface area contributed by atoms with E-state index in [9.17, 15) is 9.59 Å². The topological polar surface area (TPSA) is 144 Å². The number of rotatable bonds is 6. The summed E-state index contributed by atoms with van der Waals surface area (Å²) in [6.07, 6.45) is 0. The lowest BCUT2D eigenvalue weighted by Gasteiger charge is -2.12. The lowest BCUT2D eigenvalue weighted by molar-refractivity contribution is -0.132. The van der Waals surface area contributed by atoms with Crippen LogP contribution >= 0.6 is 0 Å². The number of hydrogen-bond donors (Lipinski definition) is 2. The monoisotopic (exact) mass is 470 g/mol. The number of aromatic nitrogens is 8. The SMILES string of the molecule is CC(=O)Oc1n[nH]c(=O)c2c1nc(C(C)C)n2Cc1ccc(-c2ccccc2-c2nn[nH]n2)cc1. The molecule has 0 saturated carbocycles. The van der Waals surface area contributed by atoms with Crippen LogP contribution in [0.3, 0.4) is 0 Å². The van der Waals surface area contributed by atoms with Crippen molar-refractivity contribution in [2.75, 3.05) is 0 Å². The first-order chi connectivity index (χ1) is 16.9. The molecule has 0 radical (unpaired) electrons. The van der Waals surface area contributed by atoms with E-state index in [2.05, 4.69) is 35.8 Å². The quantitative estimate of drug-likeness (QED) is 0.360. The summed E-state index contributed by atoms with van der Waals surface area (Å²) in [5.74, 6) is 0.684. The van der Waals surface area contributed by atoms with Crippen molar-refractivity contribution in [3.63, 3.8) is 0 Å².